The molecule has 5 nitrogen and oxygen atoms in total. The third-order valence-electron chi connectivity index (χ3n) is 2.52. The molecule has 1 fully saturated rings. The topological polar surface area (TPSA) is 72.8 Å². The minimum absolute atomic E-state index is 0.248. The van der Waals surface area contributed by atoms with Gasteiger partial charge in [-0.1, -0.05) is 12.1 Å². The van der Waals surface area contributed by atoms with Gasteiger partial charge in [-0.05, 0) is 17.7 Å². The number of carbonyl (C=O) groups is 1. The van der Waals surface area contributed by atoms with Crippen LogP contribution in [0.25, 0.3) is 0 Å². The predicted octanol–water partition coefficient (Wildman–Crippen LogP) is 1.07. The molecule has 1 unspecified atom stereocenters. The molecular weight excluding hydrogens is 215 g/mol. The van der Waals surface area contributed by atoms with Gasteiger partial charge in [0.2, 0.25) is 0 Å². The first-order valence-electron chi connectivity index (χ1n) is 4.80. The van der Waals surface area contributed by atoms with Gasteiger partial charge in [-0.25, -0.2) is 19.6 Å². The van der Waals surface area contributed by atoms with E-state index in [4.69, 9.17) is 5.11 Å². The predicted molar refractivity (Wildman–Crippen MR) is 52.8 cm³/mol. The normalized spacial score (nSPS) is 24.8. The molecule has 1 amide bonds. The van der Waals surface area contributed by atoms with Crippen LogP contribution in [0, 0.1) is 5.82 Å². The fourth-order valence-corrected chi connectivity index (χ4v) is 1.71. The van der Waals surface area contributed by atoms with E-state index in [9.17, 15) is 14.3 Å². The first-order chi connectivity index (χ1) is 7.58. The summed E-state index contributed by atoms with van der Waals surface area (Å²) in [6.45, 7) is 0. The third-order valence-corrected chi connectivity index (χ3v) is 2.52. The van der Waals surface area contributed by atoms with Crippen LogP contribution in [0.2, 0.25) is 0 Å². The molecule has 1 aliphatic rings. The van der Waals surface area contributed by atoms with E-state index in [0.29, 0.717) is 0 Å². The number of halogens is 1. The quantitative estimate of drug-likeness (QED) is 0.669. The highest BCUT2D eigenvalue weighted by atomic mass is 19.1. The van der Waals surface area contributed by atoms with E-state index in [-0.39, 0.29) is 18.3 Å². The monoisotopic (exact) mass is 226 g/mol. The summed E-state index contributed by atoms with van der Waals surface area (Å²) >= 11 is 0. The molecule has 1 heterocycles. The minimum Gasteiger partial charge on any atom is -0.464 e. The number of benzene rings is 1. The minimum atomic E-state index is -1.24. The molecule has 6 heteroatoms. The number of hydrazine groups is 1. The highest BCUT2D eigenvalue weighted by Crippen LogP contribution is 2.26. The molecule has 0 spiro atoms. The second kappa shape index (κ2) is 4.07. The highest BCUT2D eigenvalue weighted by molar-refractivity contribution is 5.65. The van der Waals surface area contributed by atoms with Crippen molar-refractivity contribution in [3.8, 4) is 0 Å². The number of carboxylic acid groups (broad SMARTS) is 1. The zero-order chi connectivity index (χ0) is 11.7. The van der Waals surface area contributed by atoms with Crippen molar-refractivity contribution in [3.63, 3.8) is 0 Å². The fourth-order valence-electron chi connectivity index (χ4n) is 1.71. The zero-order valence-corrected chi connectivity index (χ0v) is 8.30. The molecule has 1 aliphatic heterocycles. The van der Waals surface area contributed by atoms with Crippen molar-refractivity contribution in [2.24, 2.45) is 0 Å². The molecule has 0 radical (unpaired) electrons. The maximum absolute atomic E-state index is 12.7. The van der Waals surface area contributed by atoms with E-state index in [1.54, 1.807) is 12.1 Å². The van der Waals surface area contributed by atoms with Crippen LogP contribution in [0.15, 0.2) is 24.3 Å². The molecule has 1 saturated heterocycles. The summed E-state index contributed by atoms with van der Waals surface area (Å²) in [5, 5.41) is 18.9. The van der Waals surface area contributed by atoms with E-state index in [1.807, 2.05) is 0 Å². The maximum atomic E-state index is 12.7. The van der Waals surface area contributed by atoms with Gasteiger partial charge in [0.25, 0.3) is 0 Å². The van der Waals surface area contributed by atoms with Crippen LogP contribution in [0.3, 0.4) is 0 Å². The Balaban J connectivity index is 2.13. The molecule has 3 N–H and O–H groups in total. The molecule has 0 aromatic heterocycles. The summed E-state index contributed by atoms with van der Waals surface area (Å²) in [7, 11) is 0. The molecule has 16 heavy (non-hydrogen) atoms. The van der Waals surface area contributed by atoms with Crippen molar-refractivity contribution in [1.29, 1.82) is 0 Å². The van der Waals surface area contributed by atoms with E-state index in [1.165, 1.54) is 12.1 Å². The number of hydrogen-bond acceptors (Lipinski definition) is 3. The first-order valence-corrected chi connectivity index (χ1v) is 4.80. The van der Waals surface area contributed by atoms with Crippen molar-refractivity contribution in [1.82, 2.24) is 10.4 Å². The van der Waals surface area contributed by atoms with Crippen molar-refractivity contribution < 1.29 is 19.4 Å². The first kappa shape index (κ1) is 10.8. The molecular formula is C10H11FN2O3. The van der Waals surface area contributed by atoms with Crippen molar-refractivity contribution in [2.45, 2.75) is 18.7 Å². The molecule has 86 valence electrons. The van der Waals surface area contributed by atoms with Gasteiger partial charge in [0.15, 0.2) is 0 Å². The summed E-state index contributed by atoms with van der Waals surface area (Å²) in [6, 6.07) is 5.40. The molecule has 0 aliphatic carbocycles. The maximum Gasteiger partial charge on any atom is 0.424 e. The van der Waals surface area contributed by atoms with E-state index in [0.717, 1.165) is 10.6 Å². The average Bonchev–Trinajstić information content (AvgIpc) is 2.61. The van der Waals surface area contributed by atoms with Crippen molar-refractivity contribution in [2.75, 3.05) is 0 Å². The van der Waals surface area contributed by atoms with Gasteiger partial charge in [-0.2, -0.15) is 0 Å². The zero-order valence-electron chi connectivity index (χ0n) is 8.30. The largest absolute Gasteiger partial charge is 0.464 e. The van der Waals surface area contributed by atoms with Crippen LogP contribution in [0.5, 0.6) is 0 Å². The van der Waals surface area contributed by atoms with Crippen molar-refractivity contribution >= 4 is 6.09 Å². The van der Waals surface area contributed by atoms with Gasteiger partial charge in [0, 0.05) is 6.42 Å². The van der Waals surface area contributed by atoms with Gasteiger partial charge in [0.1, 0.15) is 12.0 Å². The number of rotatable bonds is 1. The lowest BCUT2D eigenvalue weighted by atomic mass is 10.1. The van der Waals surface area contributed by atoms with Crippen molar-refractivity contribution in [3.05, 3.63) is 35.6 Å². The van der Waals surface area contributed by atoms with E-state index >= 15 is 0 Å². The molecule has 2 rings (SSSR count). The number of hydrogen-bond donors (Lipinski definition) is 3. The van der Waals surface area contributed by atoms with Gasteiger partial charge in [-0.3, -0.25) is 0 Å². The molecule has 2 atom stereocenters. The Morgan fingerprint density at radius 2 is 2.06 bits per heavy atom. The van der Waals surface area contributed by atoms with Gasteiger partial charge >= 0.3 is 6.09 Å². The van der Waals surface area contributed by atoms with Crippen LogP contribution < -0.4 is 5.43 Å². The summed E-state index contributed by atoms with van der Waals surface area (Å²) in [5.74, 6) is -0.350. The summed E-state index contributed by atoms with van der Waals surface area (Å²) in [5.41, 5.74) is 3.38. The number of amides is 1. The van der Waals surface area contributed by atoms with Crippen LogP contribution in [-0.4, -0.2) is 27.5 Å². The molecule has 0 bridgehead atoms. The SMILES string of the molecule is O=C(O)N1N[C@H](c2ccc(F)cc2)CC1O. The third kappa shape index (κ3) is 1.98. The Bertz CT molecular complexity index is 396. The smallest absolute Gasteiger partial charge is 0.424 e. The summed E-state index contributed by atoms with van der Waals surface area (Å²) in [4.78, 5) is 10.7. The van der Waals surface area contributed by atoms with Gasteiger partial charge in [0.05, 0.1) is 6.04 Å². The van der Waals surface area contributed by atoms with Crippen LogP contribution >= 0.6 is 0 Å². The summed E-state index contributed by atoms with van der Waals surface area (Å²) in [6.07, 6.45) is -2.07. The highest BCUT2D eigenvalue weighted by Gasteiger charge is 2.34. The van der Waals surface area contributed by atoms with Crippen LogP contribution in [0.1, 0.15) is 18.0 Å². The average molecular weight is 226 g/mol. The molecule has 1 aromatic rings. The standard InChI is InChI=1S/C10H11FN2O3/c11-7-3-1-6(2-4-7)8-5-9(14)13(12-8)10(15)16/h1-4,8-9,12,14H,5H2,(H,15,16)/t8-,9?/m0/s1. The Morgan fingerprint density at radius 1 is 1.44 bits per heavy atom. The lowest BCUT2D eigenvalue weighted by Crippen LogP contribution is -2.41. The van der Waals surface area contributed by atoms with Gasteiger partial charge in [-0.15, -0.1) is 0 Å². The summed E-state index contributed by atoms with van der Waals surface area (Å²) < 4.78 is 12.7. The Morgan fingerprint density at radius 3 is 2.56 bits per heavy atom. The number of aliphatic hydroxyl groups excluding tert-OH is 1. The van der Waals surface area contributed by atoms with E-state index < -0.39 is 12.3 Å². The second-order valence-corrected chi connectivity index (χ2v) is 3.60. The Hall–Kier alpha value is -1.66. The Kier molecular flexibility index (Phi) is 2.76. The lowest BCUT2D eigenvalue weighted by Gasteiger charge is -2.16. The molecule has 0 saturated carbocycles. The van der Waals surface area contributed by atoms with Gasteiger partial charge < -0.3 is 10.2 Å². The number of nitrogens with one attached hydrogen (secondary N) is 1. The fraction of sp³-hybridized carbons (Fsp3) is 0.300. The van der Waals surface area contributed by atoms with Crippen LogP contribution in [0.4, 0.5) is 9.18 Å². The number of nitrogens with zero attached hydrogens (tertiary/aromatic N) is 1. The second-order valence-electron chi connectivity index (χ2n) is 3.60. The lowest BCUT2D eigenvalue weighted by molar-refractivity contribution is 0.0193. The van der Waals surface area contributed by atoms with Crippen LogP contribution in [-0.2, 0) is 0 Å². The number of aliphatic hydroxyl groups is 1. The van der Waals surface area contributed by atoms with E-state index in [2.05, 4.69) is 5.43 Å². The Labute approximate surface area is 91.1 Å². The molecule has 1 aromatic carbocycles.